The number of carbonyl (C=O) groups is 1. The number of hydrogen-bond acceptors (Lipinski definition) is 5. The van der Waals surface area contributed by atoms with Crippen molar-refractivity contribution in [1.29, 1.82) is 0 Å². The third kappa shape index (κ3) is 4.58. The van der Waals surface area contributed by atoms with E-state index in [0.29, 0.717) is 24.7 Å². The van der Waals surface area contributed by atoms with E-state index in [1.807, 2.05) is 0 Å². The number of nitrogens with one attached hydrogen (secondary N) is 2. The van der Waals surface area contributed by atoms with Gasteiger partial charge in [0.05, 0.1) is 16.3 Å². The molecule has 1 amide bonds. The molecule has 0 bridgehead atoms. The number of fused-ring (bicyclic) bond motifs is 1. The van der Waals surface area contributed by atoms with Crippen LogP contribution in [-0.2, 0) is 10.0 Å². The van der Waals surface area contributed by atoms with Crippen molar-refractivity contribution in [1.82, 2.24) is 0 Å². The molecule has 0 aliphatic carbocycles. The van der Waals surface area contributed by atoms with Gasteiger partial charge in [-0.05, 0) is 54.6 Å². The lowest BCUT2D eigenvalue weighted by atomic mass is 10.2. The van der Waals surface area contributed by atoms with E-state index in [-0.39, 0.29) is 21.8 Å². The summed E-state index contributed by atoms with van der Waals surface area (Å²) in [4.78, 5) is 11.8. The predicted octanol–water partition coefficient (Wildman–Crippen LogP) is 3.79. The van der Waals surface area contributed by atoms with Crippen molar-refractivity contribution in [2.75, 3.05) is 23.3 Å². The van der Waals surface area contributed by atoms with E-state index in [0.717, 1.165) is 30.3 Å². The Hall–Kier alpha value is -3.66. The minimum Gasteiger partial charge on any atom is -0.486 e. The Morgan fingerprint density at radius 2 is 1.58 bits per heavy atom. The van der Waals surface area contributed by atoms with Gasteiger partial charge >= 0.3 is 0 Å². The summed E-state index contributed by atoms with van der Waals surface area (Å²) in [6, 6.07) is 12.3. The van der Waals surface area contributed by atoms with Gasteiger partial charge in [-0.1, -0.05) is 0 Å². The average molecular weight is 446 g/mol. The van der Waals surface area contributed by atoms with Crippen molar-refractivity contribution in [2.24, 2.45) is 0 Å². The van der Waals surface area contributed by atoms with Gasteiger partial charge in [0.15, 0.2) is 11.5 Å². The number of sulfonamides is 1. The molecule has 10 heteroatoms. The van der Waals surface area contributed by atoms with Crippen LogP contribution in [0.25, 0.3) is 0 Å². The van der Waals surface area contributed by atoms with Crippen molar-refractivity contribution in [3.63, 3.8) is 0 Å². The summed E-state index contributed by atoms with van der Waals surface area (Å²) in [5.41, 5.74) is 0.128. The Morgan fingerprint density at radius 3 is 2.29 bits per heavy atom. The van der Waals surface area contributed by atoms with E-state index in [1.54, 1.807) is 6.07 Å². The lowest BCUT2D eigenvalue weighted by molar-refractivity contribution is 0.102. The fraction of sp³-hybridized carbons (Fsp3) is 0.0952. The van der Waals surface area contributed by atoms with Crippen LogP contribution in [0.4, 0.5) is 20.2 Å². The van der Waals surface area contributed by atoms with Crippen LogP contribution in [0.1, 0.15) is 10.4 Å². The number of anilines is 2. The minimum atomic E-state index is -4.11. The zero-order valence-corrected chi connectivity index (χ0v) is 16.7. The summed E-state index contributed by atoms with van der Waals surface area (Å²) in [6.07, 6.45) is 0. The van der Waals surface area contributed by atoms with Gasteiger partial charge in [0, 0.05) is 11.6 Å². The second-order valence-electron chi connectivity index (χ2n) is 6.57. The quantitative estimate of drug-likeness (QED) is 0.622. The molecule has 0 saturated heterocycles. The first kappa shape index (κ1) is 20.6. The summed E-state index contributed by atoms with van der Waals surface area (Å²) in [5, 5.41) is 2.33. The number of ether oxygens (including phenoxy) is 2. The molecule has 2 N–H and O–H groups in total. The zero-order chi connectivity index (χ0) is 22.0. The van der Waals surface area contributed by atoms with Gasteiger partial charge in [-0.15, -0.1) is 0 Å². The van der Waals surface area contributed by atoms with Crippen LogP contribution in [0.2, 0.25) is 0 Å². The van der Waals surface area contributed by atoms with Crippen LogP contribution >= 0.6 is 0 Å². The Labute approximate surface area is 176 Å². The lowest BCUT2D eigenvalue weighted by Gasteiger charge is -2.19. The van der Waals surface area contributed by atoms with E-state index < -0.39 is 27.6 Å². The molecule has 7 nitrogen and oxygen atoms in total. The monoisotopic (exact) mass is 446 g/mol. The molecule has 160 valence electrons. The molecule has 0 aromatic heterocycles. The Balaban J connectivity index is 1.51. The van der Waals surface area contributed by atoms with Crippen molar-refractivity contribution in [3.05, 3.63) is 77.9 Å². The number of amides is 1. The molecule has 0 atom stereocenters. The largest absolute Gasteiger partial charge is 0.486 e. The molecule has 31 heavy (non-hydrogen) atoms. The van der Waals surface area contributed by atoms with E-state index in [4.69, 9.17) is 9.47 Å². The summed E-state index contributed by atoms with van der Waals surface area (Å²) < 4.78 is 65.9. The van der Waals surface area contributed by atoms with Gasteiger partial charge in [0.2, 0.25) is 0 Å². The molecule has 3 aromatic carbocycles. The van der Waals surface area contributed by atoms with E-state index >= 15 is 0 Å². The molecule has 3 aromatic rings. The fourth-order valence-corrected chi connectivity index (χ4v) is 3.94. The average Bonchev–Trinajstić information content (AvgIpc) is 2.75. The minimum absolute atomic E-state index is 0.123. The maximum absolute atomic E-state index is 14.5. The SMILES string of the molecule is O=C(Nc1ccc(S(=O)(=O)Nc2ccc3c(c2)OCCO3)cc1F)c1ccc(F)cc1. The predicted molar refractivity (Wildman–Crippen MR) is 109 cm³/mol. The molecule has 0 unspecified atom stereocenters. The van der Waals surface area contributed by atoms with Crippen molar-refractivity contribution in [2.45, 2.75) is 4.90 Å². The second kappa shape index (κ2) is 8.23. The molecule has 1 aliphatic heterocycles. The van der Waals surface area contributed by atoms with Crippen molar-refractivity contribution < 1.29 is 31.5 Å². The maximum Gasteiger partial charge on any atom is 0.262 e. The van der Waals surface area contributed by atoms with Gasteiger partial charge in [-0.2, -0.15) is 0 Å². The lowest BCUT2D eigenvalue weighted by Crippen LogP contribution is -2.17. The van der Waals surface area contributed by atoms with Crippen LogP contribution in [0.3, 0.4) is 0 Å². The van der Waals surface area contributed by atoms with E-state index in [9.17, 15) is 22.0 Å². The summed E-state index contributed by atoms with van der Waals surface area (Å²) in [5.74, 6) is -1.22. The Morgan fingerprint density at radius 1 is 0.871 bits per heavy atom. The van der Waals surface area contributed by atoms with E-state index in [1.165, 1.54) is 24.3 Å². The fourth-order valence-electron chi connectivity index (χ4n) is 2.88. The summed E-state index contributed by atoms with van der Waals surface area (Å²) >= 11 is 0. The second-order valence-corrected chi connectivity index (χ2v) is 8.25. The van der Waals surface area contributed by atoms with Crippen molar-refractivity contribution in [3.8, 4) is 11.5 Å². The van der Waals surface area contributed by atoms with Gasteiger partial charge < -0.3 is 14.8 Å². The zero-order valence-electron chi connectivity index (χ0n) is 15.9. The molecular formula is C21H16F2N2O5S. The molecule has 0 spiro atoms. The van der Waals surface area contributed by atoms with Crippen LogP contribution in [-0.4, -0.2) is 27.5 Å². The van der Waals surface area contributed by atoms with Crippen LogP contribution in [0, 0.1) is 11.6 Å². The first-order chi connectivity index (χ1) is 14.8. The van der Waals surface area contributed by atoms with Gasteiger partial charge in [0.1, 0.15) is 24.8 Å². The van der Waals surface area contributed by atoms with Crippen LogP contribution in [0.15, 0.2) is 65.6 Å². The summed E-state index contributed by atoms with van der Waals surface area (Å²) in [6.45, 7) is 0.751. The first-order valence-corrected chi connectivity index (χ1v) is 10.6. The Bertz CT molecular complexity index is 1250. The van der Waals surface area contributed by atoms with Gasteiger partial charge in [-0.25, -0.2) is 17.2 Å². The van der Waals surface area contributed by atoms with Gasteiger partial charge in [0.25, 0.3) is 15.9 Å². The van der Waals surface area contributed by atoms with Crippen LogP contribution in [0.5, 0.6) is 11.5 Å². The molecule has 0 saturated carbocycles. The first-order valence-electron chi connectivity index (χ1n) is 9.11. The normalized spacial score (nSPS) is 12.8. The third-order valence-corrected chi connectivity index (χ3v) is 5.78. The maximum atomic E-state index is 14.5. The van der Waals surface area contributed by atoms with Crippen molar-refractivity contribution >= 4 is 27.3 Å². The number of halogens is 2. The molecule has 0 radical (unpaired) electrons. The smallest absolute Gasteiger partial charge is 0.262 e. The van der Waals surface area contributed by atoms with Gasteiger partial charge in [-0.3, -0.25) is 9.52 Å². The number of carbonyl (C=O) groups excluding carboxylic acids is 1. The molecule has 4 rings (SSSR count). The standard InChI is InChI=1S/C21H16F2N2O5S/c22-14-3-1-13(2-4-14)21(26)24-18-7-6-16(12-17(18)23)31(27,28)25-15-5-8-19-20(11-15)30-10-9-29-19/h1-8,11-12,25H,9-10H2,(H,24,26). The Kier molecular flexibility index (Phi) is 5.47. The third-order valence-electron chi connectivity index (χ3n) is 4.40. The molecular weight excluding hydrogens is 430 g/mol. The highest BCUT2D eigenvalue weighted by molar-refractivity contribution is 7.92. The molecule has 1 heterocycles. The number of hydrogen-bond donors (Lipinski definition) is 2. The number of benzene rings is 3. The van der Waals surface area contributed by atoms with Crippen LogP contribution < -0.4 is 19.5 Å². The summed E-state index contributed by atoms with van der Waals surface area (Å²) in [7, 11) is -4.11. The molecule has 1 aliphatic rings. The highest BCUT2D eigenvalue weighted by Gasteiger charge is 2.19. The molecule has 0 fully saturated rings. The van der Waals surface area contributed by atoms with E-state index in [2.05, 4.69) is 10.0 Å². The highest BCUT2D eigenvalue weighted by Crippen LogP contribution is 2.33. The highest BCUT2D eigenvalue weighted by atomic mass is 32.2. The topological polar surface area (TPSA) is 93.7 Å². The number of rotatable bonds is 5.